The summed E-state index contributed by atoms with van der Waals surface area (Å²) in [5, 5.41) is 17.0. The molecule has 0 heterocycles. The van der Waals surface area contributed by atoms with E-state index in [9.17, 15) is 9.59 Å². The third kappa shape index (κ3) is 6.16. The fraction of sp³-hybridized carbons (Fsp3) is 0.118. The van der Waals surface area contributed by atoms with Crippen LogP contribution in [0.25, 0.3) is 0 Å². The second-order valence-corrected chi connectivity index (χ2v) is 5.36. The fourth-order valence-corrected chi connectivity index (χ4v) is 1.99. The van der Waals surface area contributed by atoms with Crippen molar-refractivity contribution < 1.29 is 19.4 Å². The lowest BCUT2D eigenvalue weighted by atomic mass is 10.1. The Morgan fingerprint density at radius 2 is 1.68 bits per heavy atom. The van der Waals surface area contributed by atoms with E-state index >= 15 is 0 Å². The zero-order chi connectivity index (χ0) is 18.3. The van der Waals surface area contributed by atoms with Gasteiger partial charge in [-0.1, -0.05) is 23.4 Å². The molecule has 5 N–H and O–H groups in total. The first kappa shape index (κ1) is 21.9. The van der Waals surface area contributed by atoms with E-state index in [4.69, 9.17) is 21.8 Å². The number of carboxylic acid groups (broad SMARTS) is 1. The second kappa shape index (κ2) is 9.95. The van der Waals surface area contributed by atoms with E-state index in [1.54, 1.807) is 18.2 Å². The number of rotatable bonds is 2. The molecule has 132 valence electrons. The van der Waals surface area contributed by atoms with Gasteiger partial charge in [0.1, 0.15) is 0 Å². The van der Waals surface area contributed by atoms with Crippen molar-refractivity contribution in [2.75, 3.05) is 18.6 Å². The van der Waals surface area contributed by atoms with E-state index in [1.807, 2.05) is 6.07 Å². The molecule has 0 bridgehead atoms. The Morgan fingerprint density at radius 1 is 1.12 bits per heavy atom. The van der Waals surface area contributed by atoms with Crippen molar-refractivity contribution in [3.05, 3.63) is 57.6 Å². The highest BCUT2D eigenvalue weighted by molar-refractivity contribution is 9.10. The summed E-state index contributed by atoms with van der Waals surface area (Å²) >= 11 is 3.23. The molecule has 2 aromatic carbocycles. The lowest BCUT2D eigenvalue weighted by Gasteiger charge is -2.02. The van der Waals surface area contributed by atoms with E-state index in [0.717, 1.165) is 4.47 Å². The number of ether oxygens (including phenoxy) is 1. The second-order valence-electron chi connectivity index (χ2n) is 4.44. The first-order valence-corrected chi connectivity index (χ1v) is 7.25. The van der Waals surface area contributed by atoms with Crippen molar-refractivity contribution in [1.82, 2.24) is 0 Å². The zero-order valence-electron chi connectivity index (χ0n) is 12.6. The number of carbonyl (C=O) groups excluding carboxylic acids is 1. The summed E-state index contributed by atoms with van der Waals surface area (Å²) in [5.74, 6) is -1.54. The van der Waals surface area contributed by atoms with Crippen molar-refractivity contribution in [2.45, 2.75) is 7.43 Å². The topological polar surface area (TPSA) is 139 Å². The Bertz CT molecular complexity index is 816. The SMILES string of the molecule is C.COC(=O)c1cc(Br)ccc1N.N#Cc1ccc(N)c(C(=O)O)c1. The van der Waals surface area contributed by atoms with Gasteiger partial charge in [-0.3, -0.25) is 0 Å². The van der Waals surface area contributed by atoms with Crippen LogP contribution in [-0.4, -0.2) is 24.2 Å². The first-order chi connectivity index (χ1) is 11.3. The number of nitriles is 1. The van der Waals surface area contributed by atoms with Gasteiger partial charge in [0.05, 0.1) is 29.9 Å². The number of methoxy groups -OCH3 is 1. The van der Waals surface area contributed by atoms with Crippen molar-refractivity contribution >= 4 is 39.2 Å². The summed E-state index contributed by atoms with van der Waals surface area (Å²) in [4.78, 5) is 21.6. The predicted octanol–water partition coefficient (Wildman–Crippen LogP) is 3.29. The molecule has 0 atom stereocenters. The van der Waals surface area contributed by atoms with Crippen LogP contribution in [0.3, 0.4) is 0 Å². The number of halogens is 1. The maximum absolute atomic E-state index is 11.1. The van der Waals surface area contributed by atoms with E-state index in [0.29, 0.717) is 16.8 Å². The summed E-state index contributed by atoms with van der Waals surface area (Å²) in [6, 6.07) is 11.0. The molecule has 2 rings (SSSR count). The van der Waals surface area contributed by atoms with Crippen LogP contribution < -0.4 is 11.5 Å². The summed E-state index contributed by atoms with van der Waals surface area (Å²) < 4.78 is 5.34. The Morgan fingerprint density at radius 3 is 2.20 bits per heavy atom. The number of hydrogen-bond acceptors (Lipinski definition) is 6. The number of nitrogen functional groups attached to an aromatic ring is 2. The van der Waals surface area contributed by atoms with Crippen molar-refractivity contribution in [3.8, 4) is 6.07 Å². The Balaban J connectivity index is 0.000000443. The van der Waals surface area contributed by atoms with Crippen molar-refractivity contribution in [2.24, 2.45) is 0 Å². The average Bonchev–Trinajstić information content (AvgIpc) is 2.57. The van der Waals surface area contributed by atoms with Crippen LogP contribution in [0.5, 0.6) is 0 Å². The van der Waals surface area contributed by atoms with Gasteiger partial charge < -0.3 is 21.3 Å². The van der Waals surface area contributed by atoms with Gasteiger partial charge in [-0.05, 0) is 36.4 Å². The molecule has 2 aromatic rings. The number of esters is 1. The molecule has 0 aliphatic heterocycles. The Hall–Kier alpha value is -3.05. The molecule has 0 aliphatic rings. The highest BCUT2D eigenvalue weighted by Crippen LogP contribution is 2.18. The van der Waals surface area contributed by atoms with Gasteiger partial charge in [0, 0.05) is 15.8 Å². The van der Waals surface area contributed by atoms with Crippen LogP contribution in [0, 0.1) is 11.3 Å². The molecule has 8 heteroatoms. The lowest BCUT2D eigenvalue weighted by molar-refractivity contribution is 0.0601. The number of carbonyl (C=O) groups is 2. The van der Waals surface area contributed by atoms with Crippen LogP contribution in [0.1, 0.15) is 33.7 Å². The maximum Gasteiger partial charge on any atom is 0.339 e. The Kier molecular flexibility index (Phi) is 8.74. The summed E-state index contributed by atoms with van der Waals surface area (Å²) in [7, 11) is 1.32. The molecule has 7 nitrogen and oxygen atoms in total. The molecule has 0 radical (unpaired) electrons. The van der Waals surface area contributed by atoms with Gasteiger partial charge in [-0.2, -0.15) is 5.26 Å². The number of hydrogen-bond donors (Lipinski definition) is 3. The average molecular weight is 408 g/mol. The normalized spacial score (nSPS) is 8.84. The van der Waals surface area contributed by atoms with Crippen molar-refractivity contribution in [3.63, 3.8) is 0 Å². The standard InChI is InChI=1S/C8H8BrNO2.C8H6N2O2.CH4/c1-12-8(11)6-4-5(9)2-3-7(6)10;9-4-5-1-2-7(10)6(3-5)8(11)12;/h2-4H,10H2,1H3;1-3H,10H2,(H,11,12);1H4. The van der Waals surface area contributed by atoms with Crippen molar-refractivity contribution in [1.29, 1.82) is 5.26 Å². The molecule has 0 amide bonds. The summed E-state index contributed by atoms with van der Waals surface area (Å²) in [6.07, 6.45) is 0. The van der Waals surface area contributed by atoms with E-state index < -0.39 is 11.9 Å². The van der Waals surface area contributed by atoms with Gasteiger partial charge in [-0.15, -0.1) is 0 Å². The van der Waals surface area contributed by atoms with Gasteiger partial charge in [0.25, 0.3) is 0 Å². The minimum absolute atomic E-state index is 0. The van der Waals surface area contributed by atoms with Gasteiger partial charge in [-0.25, -0.2) is 9.59 Å². The quantitative estimate of drug-likeness (QED) is 0.512. The zero-order valence-corrected chi connectivity index (χ0v) is 14.2. The number of benzene rings is 2. The van der Waals surface area contributed by atoms with Gasteiger partial charge in [0.15, 0.2) is 0 Å². The third-order valence-electron chi connectivity index (χ3n) is 2.83. The highest BCUT2D eigenvalue weighted by Gasteiger charge is 2.09. The lowest BCUT2D eigenvalue weighted by Crippen LogP contribution is -2.05. The van der Waals surface area contributed by atoms with Gasteiger partial charge in [0.2, 0.25) is 0 Å². The molecule has 25 heavy (non-hydrogen) atoms. The molecule has 0 aromatic heterocycles. The van der Waals surface area contributed by atoms with Crippen LogP contribution >= 0.6 is 15.9 Å². The van der Waals surface area contributed by atoms with E-state index in [1.165, 1.54) is 25.3 Å². The van der Waals surface area contributed by atoms with Crippen LogP contribution in [0.15, 0.2) is 40.9 Å². The molecule has 0 saturated carbocycles. The molecular weight excluding hydrogens is 390 g/mol. The Labute approximate surface area is 153 Å². The van der Waals surface area contributed by atoms with Crippen LogP contribution in [0.2, 0.25) is 0 Å². The molecule has 0 aliphatic carbocycles. The number of nitrogens with two attached hydrogens (primary N) is 2. The monoisotopic (exact) mass is 407 g/mol. The predicted molar refractivity (Wildman–Crippen MR) is 99.2 cm³/mol. The summed E-state index contributed by atoms with van der Waals surface area (Å²) in [6.45, 7) is 0. The number of nitrogens with zero attached hydrogens (tertiary/aromatic N) is 1. The highest BCUT2D eigenvalue weighted by atomic mass is 79.9. The molecule has 0 spiro atoms. The minimum Gasteiger partial charge on any atom is -0.478 e. The van der Waals surface area contributed by atoms with Crippen LogP contribution in [0.4, 0.5) is 11.4 Å². The molecule has 0 fully saturated rings. The van der Waals surface area contributed by atoms with Crippen LogP contribution in [-0.2, 0) is 4.74 Å². The number of aromatic carboxylic acids is 1. The number of carboxylic acids is 1. The molecule has 0 saturated heterocycles. The third-order valence-corrected chi connectivity index (χ3v) is 3.33. The van der Waals surface area contributed by atoms with Gasteiger partial charge >= 0.3 is 11.9 Å². The molecular formula is C17H18BrN3O4. The molecule has 0 unspecified atom stereocenters. The minimum atomic E-state index is -1.12. The fourth-order valence-electron chi connectivity index (χ4n) is 1.63. The first-order valence-electron chi connectivity index (χ1n) is 6.46. The smallest absolute Gasteiger partial charge is 0.339 e. The summed E-state index contributed by atoms with van der Waals surface area (Å²) in [5.41, 5.74) is 12.1. The maximum atomic E-state index is 11.1. The van der Waals surface area contributed by atoms with E-state index in [2.05, 4.69) is 20.7 Å². The largest absolute Gasteiger partial charge is 0.478 e. The number of anilines is 2. The van der Waals surface area contributed by atoms with E-state index in [-0.39, 0.29) is 18.7 Å².